The molecule has 0 bridgehead atoms. The number of benzene rings is 2. The van der Waals surface area contributed by atoms with E-state index < -0.39 is 5.97 Å². The molecule has 1 aliphatic rings. The van der Waals surface area contributed by atoms with Gasteiger partial charge in [0.15, 0.2) is 0 Å². The molecule has 0 saturated carbocycles. The minimum absolute atomic E-state index is 0.345. The van der Waals surface area contributed by atoms with Crippen molar-refractivity contribution in [3.05, 3.63) is 71.3 Å². The summed E-state index contributed by atoms with van der Waals surface area (Å²) in [6.07, 6.45) is 0. The first-order valence-corrected chi connectivity index (χ1v) is 7.90. The lowest BCUT2D eigenvalue weighted by molar-refractivity contribution is 0.0394. The van der Waals surface area contributed by atoms with E-state index in [1.165, 1.54) is 11.1 Å². The van der Waals surface area contributed by atoms with E-state index in [0.717, 1.165) is 26.2 Å². The molecule has 0 amide bonds. The first-order valence-electron chi connectivity index (χ1n) is 7.90. The molecule has 2 aromatic rings. The fraction of sp³-hybridized carbons (Fsp3) is 0.316. The Morgan fingerprint density at radius 1 is 1.09 bits per heavy atom. The Hall–Kier alpha value is -2.17. The van der Waals surface area contributed by atoms with Crippen LogP contribution in [-0.4, -0.2) is 47.1 Å². The van der Waals surface area contributed by atoms with Gasteiger partial charge < -0.3 is 5.11 Å². The second-order valence-electron chi connectivity index (χ2n) is 6.25. The minimum atomic E-state index is -0.872. The topological polar surface area (TPSA) is 43.8 Å². The van der Waals surface area contributed by atoms with Gasteiger partial charge in [0.2, 0.25) is 0 Å². The number of carboxylic acid groups (broad SMARTS) is 1. The summed E-state index contributed by atoms with van der Waals surface area (Å²) >= 11 is 0. The van der Waals surface area contributed by atoms with Crippen molar-refractivity contribution in [3.8, 4) is 0 Å². The molecule has 2 aromatic carbocycles. The number of carboxylic acids is 1. The molecule has 1 saturated heterocycles. The van der Waals surface area contributed by atoms with Crippen molar-refractivity contribution >= 4 is 5.97 Å². The van der Waals surface area contributed by atoms with E-state index in [-0.39, 0.29) is 0 Å². The van der Waals surface area contributed by atoms with Gasteiger partial charge in [-0.2, -0.15) is 0 Å². The van der Waals surface area contributed by atoms with Crippen molar-refractivity contribution < 1.29 is 9.90 Å². The number of rotatable bonds is 6. The molecule has 0 aliphatic carbocycles. The molecule has 4 nitrogen and oxygen atoms in total. The van der Waals surface area contributed by atoms with Crippen molar-refractivity contribution in [2.45, 2.75) is 19.1 Å². The molecular weight excluding hydrogens is 288 g/mol. The number of nitrogens with zero attached hydrogens (tertiary/aromatic N) is 2. The Kier molecular flexibility index (Phi) is 4.74. The van der Waals surface area contributed by atoms with Crippen molar-refractivity contribution in [2.24, 2.45) is 0 Å². The van der Waals surface area contributed by atoms with Gasteiger partial charge in [-0.15, -0.1) is 0 Å². The molecule has 0 spiro atoms. The smallest absolute Gasteiger partial charge is 0.335 e. The van der Waals surface area contributed by atoms with Crippen LogP contribution in [0.15, 0.2) is 54.6 Å². The van der Waals surface area contributed by atoms with Gasteiger partial charge in [0.05, 0.1) is 5.56 Å². The first-order chi connectivity index (χ1) is 11.1. The SMILES string of the molecule is CN(Cc1ccccc1)C1CN(Cc2ccc(C(=O)O)cc2)C1. The zero-order chi connectivity index (χ0) is 16.2. The summed E-state index contributed by atoms with van der Waals surface area (Å²) in [4.78, 5) is 15.6. The highest BCUT2D eigenvalue weighted by Crippen LogP contribution is 2.19. The summed E-state index contributed by atoms with van der Waals surface area (Å²) < 4.78 is 0. The van der Waals surface area contributed by atoms with E-state index >= 15 is 0 Å². The molecule has 4 heteroatoms. The largest absolute Gasteiger partial charge is 0.478 e. The molecule has 120 valence electrons. The first kappa shape index (κ1) is 15.7. The second kappa shape index (κ2) is 6.94. The van der Waals surface area contributed by atoms with Crippen LogP contribution in [0.4, 0.5) is 0 Å². The van der Waals surface area contributed by atoms with E-state index in [2.05, 4.69) is 41.1 Å². The zero-order valence-corrected chi connectivity index (χ0v) is 13.4. The number of likely N-dealkylation sites (N-methyl/N-ethyl adjacent to an activating group) is 1. The second-order valence-corrected chi connectivity index (χ2v) is 6.25. The maximum atomic E-state index is 10.9. The van der Waals surface area contributed by atoms with Crippen LogP contribution in [0, 0.1) is 0 Å². The number of likely N-dealkylation sites (tertiary alicyclic amines) is 1. The summed E-state index contributed by atoms with van der Waals surface area (Å²) in [5, 5.41) is 8.92. The Labute approximate surface area is 137 Å². The van der Waals surface area contributed by atoms with Crippen molar-refractivity contribution in [3.63, 3.8) is 0 Å². The van der Waals surface area contributed by atoms with Gasteiger partial charge in [0.25, 0.3) is 0 Å². The molecule has 0 unspecified atom stereocenters. The highest BCUT2D eigenvalue weighted by molar-refractivity contribution is 5.87. The lowest BCUT2D eigenvalue weighted by Gasteiger charge is -2.44. The predicted octanol–water partition coefficient (Wildman–Crippen LogP) is 2.70. The van der Waals surface area contributed by atoms with Crippen LogP contribution in [0.1, 0.15) is 21.5 Å². The molecule has 1 N–H and O–H groups in total. The van der Waals surface area contributed by atoms with Crippen molar-refractivity contribution in [2.75, 3.05) is 20.1 Å². The normalized spacial score (nSPS) is 15.6. The lowest BCUT2D eigenvalue weighted by atomic mass is 10.0. The molecular formula is C19H22N2O2. The number of hydrogen-bond acceptors (Lipinski definition) is 3. The molecule has 0 aromatic heterocycles. The van der Waals surface area contributed by atoms with Gasteiger partial charge >= 0.3 is 5.97 Å². The zero-order valence-electron chi connectivity index (χ0n) is 13.4. The van der Waals surface area contributed by atoms with Gasteiger partial charge in [-0.3, -0.25) is 9.80 Å². The standard InChI is InChI=1S/C19H22N2O2/c1-20(11-15-5-3-2-4-6-15)18-13-21(14-18)12-16-7-9-17(10-8-16)19(22)23/h2-10,18H,11-14H2,1H3,(H,22,23). The van der Waals surface area contributed by atoms with E-state index in [4.69, 9.17) is 5.11 Å². The fourth-order valence-electron chi connectivity index (χ4n) is 2.96. The molecule has 23 heavy (non-hydrogen) atoms. The fourth-order valence-corrected chi connectivity index (χ4v) is 2.96. The number of carbonyl (C=O) groups is 1. The van der Waals surface area contributed by atoms with Gasteiger partial charge in [-0.1, -0.05) is 42.5 Å². The van der Waals surface area contributed by atoms with Gasteiger partial charge in [-0.05, 0) is 30.3 Å². The lowest BCUT2D eigenvalue weighted by Crippen LogP contribution is -2.57. The summed E-state index contributed by atoms with van der Waals surface area (Å²) in [5.74, 6) is -0.872. The molecule has 1 fully saturated rings. The van der Waals surface area contributed by atoms with Crippen LogP contribution in [0.25, 0.3) is 0 Å². The number of hydrogen-bond donors (Lipinski definition) is 1. The Morgan fingerprint density at radius 2 is 1.74 bits per heavy atom. The highest BCUT2D eigenvalue weighted by atomic mass is 16.4. The summed E-state index contributed by atoms with van der Waals surface area (Å²) in [6.45, 7) is 3.98. The van der Waals surface area contributed by atoms with Gasteiger partial charge in [-0.25, -0.2) is 4.79 Å². The Balaban J connectivity index is 1.46. The van der Waals surface area contributed by atoms with Crippen LogP contribution in [0.2, 0.25) is 0 Å². The summed E-state index contributed by atoms with van der Waals surface area (Å²) in [5.41, 5.74) is 2.86. The van der Waals surface area contributed by atoms with Crippen LogP contribution in [0.5, 0.6) is 0 Å². The third-order valence-corrected chi connectivity index (χ3v) is 4.44. The molecule has 0 radical (unpaired) electrons. The Bertz CT molecular complexity index is 649. The van der Waals surface area contributed by atoms with E-state index in [1.54, 1.807) is 12.1 Å². The molecule has 3 rings (SSSR count). The Morgan fingerprint density at radius 3 is 2.35 bits per heavy atom. The van der Waals surface area contributed by atoms with Gasteiger partial charge in [0.1, 0.15) is 0 Å². The number of aromatic carboxylic acids is 1. The van der Waals surface area contributed by atoms with E-state index in [0.29, 0.717) is 11.6 Å². The van der Waals surface area contributed by atoms with Crippen LogP contribution in [0.3, 0.4) is 0 Å². The maximum absolute atomic E-state index is 10.9. The highest BCUT2D eigenvalue weighted by Gasteiger charge is 2.29. The summed E-state index contributed by atoms with van der Waals surface area (Å²) in [6, 6.07) is 18.3. The quantitative estimate of drug-likeness (QED) is 0.891. The van der Waals surface area contributed by atoms with Crippen molar-refractivity contribution in [1.29, 1.82) is 0 Å². The van der Waals surface area contributed by atoms with Crippen LogP contribution >= 0.6 is 0 Å². The monoisotopic (exact) mass is 310 g/mol. The van der Waals surface area contributed by atoms with E-state index in [9.17, 15) is 4.79 Å². The summed E-state index contributed by atoms with van der Waals surface area (Å²) in [7, 11) is 2.18. The van der Waals surface area contributed by atoms with E-state index in [1.807, 2.05) is 18.2 Å². The molecule has 1 aliphatic heterocycles. The third-order valence-electron chi connectivity index (χ3n) is 4.44. The van der Waals surface area contributed by atoms with Crippen LogP contribution < -0.4 is 0 Å². The average Bonchev–Trinajstić information content (AvgIpc) is 2.51. The minimum Gasteiger partial charge on any atom is -0.478 e. The van der Waals surface area contributed by atoms with Crippen molar-refractivity contribution in [1.82, 2.24) is 9.80 Å². The van der Waals surface area contributed by atoms with Crippen LogP contribution in [-0.2, 0) is 13.1 Å². The average molecular weight is 310 g/mol. The van der Waals surface area contributed by atoms with Gasteiger partial charge in [0, 0.05) is 32.2 Å². The molecule has 1 heterocycles. The predicted molar refractivity (Wildman–Crippen MR) is 90.4 cm³/mol. The molecule has 0 atom stereocenters. The maximum Gasteiger partial charge on any atom is 0.335 e. The third kappa shape index (κ3) is 3.97.